The number of pyridine rings is 1. The predicted octanol–water partition coefficient (Wildman–Crippen LogP) is 1.97. The molecule has 2 heterocycles. The zero-order valence-corrected chi connectivity index (χ0v) is 11.1. The van der Waals surface area contributed by atoms with Crippen LogP contribution in [0, 0.1) is 6.92 Å². The number of carbonyl (C=O) groups excluding carboxylic acids is 1. The first-order chi connectivity index (χ1) is 9.74. The van der Waals surface area contributed by atoms with Gasteiger partial charge in [-0.15, -0.1) is 10.2 Å². The van der Waals surface area contributed by atoms with Gasteiger partial charge in [-0.25, -0.2) is 0 Å². The molecule has 0 saturated carbocycles. The highest BCUT2D eigenvalue weighted by molar-refractivity contribution is 5.91. The highest BCUT2D eigenvalue weighted by Gasteiger charge is 2.13. The standard InChI is InChI=1S/C15H14N4O/c1-11-7-8-19-13(9-11)17-18-14(19)15(20)16-10-12-5-3-2-4-6-12/h2-9H,10H2,1H3,(H,16,20). The van der Waals surface area contributed by atoms with Gasteiger partial charge < -0.3 is 5.32 Å². The van der Waals surface area contributed by atoms with E-state index in [0.717, 1.165) is 11.1 Å². The van der Waals surface area contributed by atoms with Gasteiger partial charge in [0.2, 0.25) is 5.82 Å². The summed E-state index contributed by atoms with van der Waals surface area (Å²) in [6.07, 6.45) is 1.81. The second kappa shape index (κ2) is 5.13. The number of hydrogen-bond acceptors (Lipinski definition) is 3. The van der Waals surface area contributed by atoms with Gasteiger partial charge in [-0.3, -0.25) is 9.20 Å². The molecule has 1 amide bonds. The summed E-state index contributed by atoms with van der Waals surface area (Å²) in [6.45, 7) is 2.45. The Labute approximate surface area is 116 Å². The summed E-state index contributed by atoms with van der Waals surface area (Å²) in [5.74, 6) is 0.0705. The summed E-state index contributed by atoms with van der Waals surface area (Å²) in [5.41, 5.74) is 2.81. The van der Waals surface area contributed by atoms with Crippen LogP contribution in [0.2, 0.25) is 0 Å². The fraction of sp³-hybridized carbons (Fsp3) is 0.133. The maximum absolute atomic E-state index is 12.1. The van der Waals surface area contributed by atoms with Crippen molar-refractivity contribution in [2.24, 2.45) is 0 Å². The van der Waals surface area contributed by atoms with Gasteiger partial charge in [0, 0.05) is 12.7 Å². The van der Waals surface area contributed by atoms with E-state index in [1.54, 1.807) is 4.40 Å². The zero-order valence-electron chi connectivity index (χ0n) is 11.1. The highest BCUT2D eigenvalue weighted by atomic mass is 16.2. The SMILES string of the molecule is Cc1ccn2c(C(=O)NCc3ccccc3)nnc2c1. The minimum absolute atomic E-state index is 0.231. The summed E-state index contributed by atoms with van der Waals surface area (Å²) >= 11 is 0. The number of nitrogens with zero attached hydrogens (tertiary/aromatic N) is 3. The molecule has 2 aromatic heterocycles. The molecule has 0 radical (unpaired) electrons. The molecule has 0 bridgehead atoms. The number of nitrogens with one attached hydrogen (secondary N) is 1. The van der Waals surface area contributed by atoms with Gasteiger partial charge in [0.15, 0.2) is 5.65 Å². The van der Waals surface area contributed by atoms with Crippen molar-refractivity contribution in [1.82, 2.24) is 19.9 Å². The Bertz CT molecular complexity index is 749. The fourth-order valence-corrected chi connectivity index (χ4v) is 2.00. The number of amides is 1. The summed E-state index contributed by atoms with van der Waals surface area (Å²) < 4.78 is 1.69. The number of hydrogen-bond donors (Lipinski definition) is 1. The molecule has 3 aromatic rings. The molecule has 3 rings (SSSR count). The average molecular weight is 266 g/mol. The first-order valence-corrected chi connectivity index (χ1v) is 6.37. The molecule has 0 saturated heterocycles. The number of benzene rings is 1. The van der Waals surface area contributed by atoms with Gasteiger partial charge in [-0.05, 0) is 30.2 Å². The van der Waals surface area contributed by atoms with E-state index in [2.05, 4.69) is 15.5 Å². The van der Waals surface area contributed by atoms with Crippen molar-refractivity contribution >= 4 is 11.6 Å². The predicted molar refractivity (Wildman–Crippen MR) is 75.3 cm³/mol. The molecule has 5 nitrogen and oxygen atoms in total. The summed E-state index contributed by atoms with van der Waals surface area (Å²) in [6, 6.07) is 13.6. The number of aromatic nitrogens is 3. The van der Waals surface area contributed by atoms with Gasteiger partial charge in [0.05, 0.1) is 0 Å². The van der Waals surface area contributed by atoms with Crippen LogP contribution in [0.3, 0.4) is 0 Å². The van der Waals surface area contributed by atoms with Crippen LogP contribution >= 0.6 is 0 Å². The van der Waals surface area contributed by atoms with Crippen LogP contribution in [0.5, 0.6) is 0 Å². The lowest BCUT2D eigenvalue weighted by atomic mass is 10.2. The van der Waals surface area contributed by atoms with Crippen molar-refractivity contribution in [1.29, 1.82) is 0 Å². The lowest BCUT2D eigenvalue weighted by molar-refractivity contribution is 0.0939. The third-order valence-electron chi connectivity index (χ3n) is 3.06. The Morgan fingerprint density at radius 2 is 2.00 bits per heavy atom. The minimum Gasteiger partial charge on any atom is -0.345 e. The van der Waals surface area contributed by atoms with Crippen molar-refractivity contribution in [2.75, 3.05) is 0 Å². The number of aryl methyl sites for hydroxylation is 1. The van der Waals surface area contributed by atoms with Crippen LogP contribution in [0.25, 0.3) is 5.65 Å². The van der Waals surface area contributed by atoms with Gasteiger partial charge in [-0.2, -0.15) is 0 Å². The van der Waals surface area contributed by atoms with Gasteiger partial charge in [0.25, 0.3) is 5.91 Å². The molecule has 0 aliphatic rings. The van der Waals surface area contributed by atoms with E-state index in [9.17, 15) is 4.79 Å². The summed E-state index contributed by atoms with van der Waals surface area (Å²) in [5, 5.41) is 10.8. The lowest BCUT2D eigenvalue weighted by Crippen LogP contribution is -2.25. The second-order valence-corrected chi connectivity index (χ2v) is 4.62. The highest BCUT2D eigenvalue weighted by Crippen LogP contribution is 2.07. The second-order valence-electron chi connectivity index (χ2n) is 4.62. The third kappa shape index (κ3) is 2.38. The molecular formula is C15H14N4O. The Hall–Kier alpha value is -2.69. The number of fused-ring (bicyclic) bond motifs is 1. The molecule has 0 aliphatic carbocycles. The van der Waals surface area contributed by atoms with Crippen molar-refractivity contribution in [3.8, 4) is 0 Å². The Morgan fingerprint density at radius 3 is 2.80 bits per heavy atom. The molecule has 0 fully saturated rings. The van der Waals surface area contributed by atoms with Crippen LogP contribution in [-0.2, 0) is 6.54 Å². The van der Waals surface area contributed by atoms with E-state index < -0.39 is 0 Å². The van der Waals surface area contributed by atoms with E-state index in [1.165, 1.54) is 0 Å². The van der Waals surface area contributed by atoms with Crippen molar-refractivity contribution in [3.05, 3.63) is 65.6 Å². The molecule has 1 N–H and O–H groups in total. The molecule has 100 valence electrons. The van der Waals surface area contributed by atoms with Gasteiger partial charge >= 0.3 is 0 Å². The molecule has 20 heavy (non-hydrogen) atoms. The van der Waals surface area contributed by atoms with Crippen LogP contribution in [-0.4, -0.2) is 20.5 Å². The maximum atomic E-state index is 12.1. The molecule has 5 heteroatoms. The first kappa shape index (κ1) is 12.3. The van der Waals surface area contributed by atoms with Crippen LogP contribution in [0.4, 0.5) is 0 Å². The monoisotopic (exact) mass is 266 g/mol. The van der Waals surface area contributed by atoms with E-state index in [1.807, 2.05) is 55.6 Å². The fourth-order valence-electron chi connectivity index (χ4n) is 2.00. The quantitative estimate of drug-likeness (QED) is 0.788. The Balaban J connectivity index is 1.79. The molecule has 1 aromatic carbocycles. The average Bonchev–Trinajstić information content (AvgIpc) is 2.89. The molecule has 0 spiro atoms. The molecule has 0 unspecified atom stereocenters. The zero-order chi connectivity index (χ0) is 13.9. The van der Waals surface area contributed by atoms with Crippen LogP contribution < -0.4 is 5.32 Å². The number of carbonyl (C=O) groups is 1. The number of rotatable bonds is 3. The smallest absolute Gasteiger partial charge is 0.289 e. The molecular weight excluding hydrogens is 252 g/mol. The van der Waals surface area contributed by atoms with Crippen LogP contribution in [0.15, 0.2) is 48.7 Å². The summed E-state index contributed by atoms with van der Waals surface area (Å²) in [4.78, 5) is 12.1. The van der Waals surface area contributed by atoms with E-state index >= 15 is 0 Å². The third-order valence-corrected chi connectivity index (χ3v) is 3.06. The van der Waals surface area contributed by atoms with Gasteiger partial charge in [0.1, 0.15) is 0 Å². The topological polar surface area (TPSA) is 59.3 Å². The van der Waals surface area contributed by atoms with Crippen molar-refractivity contribution in [3.63, 3.8) is 0 Å². The van der Waals surface area contributed by atoms with Crippen molar-refractivity contribution in [2.45, 2.75) is 13.5 Å². The van der Waals surface area contributed by atoms with E-state index in [-0.39, 0.29) is 5.91 Å². The van der Waals surface area contributed by atoms with Gasteiger partial charge in [-0.1, -0.05) is 30.3 Å². The molecule has 0 aliphatic heterocycles. The van der Waals surface area contributed by atoms with Crippen molar-refractivity contribution < 1.29 is 4.79 Å². The Morgan fingerprint density at radius 1 is 1.20 bits per heavy atom. The largest absolute Gasteiger partial charge is 0.345 e. The van der Waals surface area contributed by atoms with E-state index in [0.29, 0.717) is 18.0 Å². The lowest BCUT2D eigenvalue weighted by Gasteiger charge is -2.04. The first-order valence-electron chi connectivity index (χ1n) is 6.37. The molecule has 0 atom stereocenters. The minimum atomic E-state index is -0.231. The summed E-state index contributed by atoms with van der Waals surface area (Å²) in [7, 11) is 0. The normalized spacial score (nSPS) is 10.7. The van der Waals surface area contributed by atoms with Crippen LogP contribution in [0.1, 0.15) is 21.7 Å². The maximum Gasteiger partial charge on any atom is 0.289 e. The Kier molecular flexibility index (Phi) is 3.16. The van der Waals surface area contributed by atoms with E-state index in [4.69, 9.17) is 0 Å².